The molecule has 0 spiro atoms. The number of ether oxygens (including phenoxy) is 1. The van der Waals surface area contributed by atoms with Gasteiger partial charge in [-0.15, -0.1) is 0 Å². The molecule has 8 unspecified atom stereocenters. The maximum absolute atomic E-state index is 9.63. The zero-order chi connectivity index (χ0) is 17.7. The number of aliphatic hydroxyl groups excluding tert-OH is 1. The number of nitrogens with zero attached hydrogens (tertiary/aromatic N) is 1. The minimum Gasteiger partial charge on any atom is -0.394 e. The maximum atomic E-state index is 9.63. The van der Waals surface area contributed by atoms with Crippen molar-refractivity contribution in [3.8, 4) is 6.07 Å². The fourth-order valence-electron chi connectivity index (χ4n) is 7.88. The molecular formula is C22H35NO2. The van der Waals surface area contributed by atoms with E-state index in [2.05, 4.69) is 19.9 Å². The normalized spacial score (nSPS) is 51.9. The lowest BCUT2D eigenvalue weighted by Crippen LogP contribution is -2.54. The van der Waals surface area contributed by atoms with Crippen molar-refractivity contribution in [2.45, 2.75) is 77.7 Å². The molecule has 0 aromatic heterocycles. The third-order valence-corrected chi connectivity index (χ3v) is 9.17. The standard InChI is InChI=1S/C22H35NO2/c1-21-10-9-20-18(19(21)8-5-16(21)14-23)7-4-15-3-6-17(25-12-11-24)13-22(15,20)2/h15-20,24H,3-13H2,1-2H3. The summed E-state index contributed by atoms with van der Waals surface area (Å²) in [5.74, 6) is 3.57. The van der Waals surface area contributed by atoms with Gasteiger partial charge in [0.1, 0.15) is 0 Å². The molecular weight excluding hydrogens is 310 g/mol. The van der Waals surface area contributed by atoms with Gasteiger partial charge in [0, 0.05) is 0 Å². The highest BCUT2D eigenvalue weighted by atomic mass is 16.5. The highest BCUT2D eigenvalue weighted by molar-refractivity contribution is 5.12. The zero-order valence-electron chi connectivity index (χ0n) is 16.0. The molecule has 0 saturated heterocycles. The summed E-state index contributed by atoms with van der Waals surface area (Å²) in [6, 6.07) is 2.65. The van der Waals surface area contributed by atoms with Crippen molar-refractivity contribution >= 4 is 0 Å². The first-order chi connectivity index (χ1) is 12.0. The Labute approximate surface area is 153 Å². The van der Waals surface area contributed by atoms with Crippen molar-refractivity contribution in [1.82, 2.24) is 0 Å². The molecule has 0 aromatic rings. The largest absolute Gasteiger partial charge is 0.394 e. The Bertz CT molecular complexity index is 543. The van der Waals surface area contributed by atoms with E-state index >= 15 is 0 Å². The number of aliphatic hydroxyl groups is 1. The third kappa shape index (κ3) is 2.67. The summed E-state index contributed by atoms with van der Waals surface area (Å²) in [6.07, 6.45) is 11.8. The van der Waals surface area contributed by atoms with Crippen LogP contribution in [0.15, 0.2) is 0 Å². The van der Waals surface area contributed by atoms with Crippen LogP contribution in [0.25, 0.3) is 0 Å². The lowest BCUT2D eigenvalue weighted by molar-refractivity contribution is -0.139. The Morgan fingerprint density at radius 2 is 1.76 bits per heavy atom. The van der Waals surface area contributed by atoms with Crippen LogP contribution in [0.5, 0.6) is 0 Å². The number of nitriles is 1. The lowest BCUT2D eigenvalue weighted by Gasteiger charge is -2.61. The molecule has 1 N–H and O–H groups in total. The molecule has 0 heterocycles. The number of hydrogen-bond donors (Lipinski definition) is 1. The van der Waals surface area contributed by atoms with Crippen LogP contribution in [-0.4, -0.2) is 24.4 Å². The predicted molar refractivity (Wildman–Crippen MR) is 97.7 cm³/mol. The van der Waals surface area contributed by atoms with E-state index in [-0.39, 0.29) is 17.9 Å². The van der Waals surface area contributed by atoms with Crippen LogP contribution in [0.2, 0.25) is 0 Å². The minimum absolute atomic E-state index is 0.138. The summed E-state index contributed by atoms with van der Waals surface area (Å²) in [7, 11) is 0. The Hall–Kier alpha value is -0.590. The number of fused-ring (bicyclic) bond motifs is 5. The van der Waals surface area contributed by atoms with Crippen molar-refractivity contribution in [3.63, 3.8) is 0 Å². The van der Waals surface area contributed by atoms with Crippen molar-refractivity contribution in [2.24, 2.45) is 40.4 Å². The van der Waals surface area contributed by atoms with Gasteiger partial charge in [0.05, 0.1) is 31.3 Å². The SMILES string of the molecule is CC12CCC3C(CCC4CCC(OCCO)CC43C)C1CCC2C#N. The van der Waals surface area contributed by atoms with Gasteiger partial charge >= 0.3 is 0 Å². The van der Waals surface area contributed by atoms with E-state index in [4.69, 9.17) is 9.84 Å². The van der Waals surface area contributed by atoms with Gasteiger partial charge in [0.25, 0.3) is 0 Å². The van der Waals surface area contributed by atoms with E-state index in [9.17, 15) is 5.26 Å². The smallest absolute Gasteiger partial charge is 0.0701 e. The van der Waals surface area contributed by atoms with Gasteiger partial charge in [-0.05, 0) is 92.3 Å². The average molecular weight is 346 g/mol. The molecule has 4 aliphatic rings. The summed E-state index contributed by atoms with van der Waals surface area (Å²) < 4.78 is 5.97. The van der Waals surface area contributed by atoms with E-state index in [0.717, 1.165) is 30.1 Å². The molecule has 4 fully saturated rings. The first-order valence-electron chi connectivity index (χ1n) is 10.6. The second kappa shape index (κ2) is 6.54. The van der Waals surface area contributed by atoms with E-state index in [1.807, 2.05) is 0 Å². The van der Waals surface area contributed by atoms with Gasteiger partial charge < -0.3 is 9.84 Å². The molecule has 0 bridgehead atoms. The molecule has 3 heteroatoms. The summed E-state index contributed by atoms with van der Waals surface area (Å²) in [6.45, 7) is 5.61. The molecule has 3 nitrogen and oxygen atoms in total. The Kier molecular flexibility index (Phi) is 4.66. The van der Waals surface area contributed by atoms with Gasteiger partial charge in [-0.1, -0.05) is 13.8 Å². The molecule has 4 saturated carbocycles. The molecule has 0 radical (unpaired) electrons. The molecule has 0 aliphatic heterocycles. The Balaban J connectivity index is 1.55. The highest BCUT2D eigenvalue weighted by Crippen LogP contribution is 2.67. The van der Waals surface area contributed by atoms with Gasteiger partial charge in [-0.2, -0.15) is 5.26 Å². The first-order valence-corrected chi connectivity index (χ1v) is 10.6. The van der Waals surface area contributed by atoms with Gasteiger partial charge in [-0.25, -0.2) is 0 Å². The number of rotatable bonds is 3. The van der Waals surface area contributed by atoms with Crippen molar-refractivity contribution in [1.29, 1.82) is 5.26 Å². The number of hydrogen-bond acceptors (Lipinski definition) is 3. The van der Waals surface area contributed by atoms with Crippen LogP contribution in [0.1, 0.15) is 71.6 Å². The van der Waals surface area contributed by atoms with Gasteiger partial charge in [0.15, 0.2) is 0 Å². The average Bonchev–Trinajstić information content (AvgIpc) is 2.95. The summed E-state index contributed by atoms with van der Waals surface area (Å²) >= 11 is 0. The second-order valence-electron chi connectivity index (χ2n) is 9.96. The molecule has 4 aliphatic carbocycles. The Morgan fingerprint density at radius 3 is 2.52 bits per heavy atom. The van der Waals surface area contributed by atoms with Crippen LogP contribution >= 0.6 is 0 Å². The monoisotopic (exact) mass is 345 g/mol. The van der Waals surface area contributed by atoms with E-state index < -0.39 is 0 Å². The topological polar surface area (TPSA) is 53.2 Å². The van der Waals surface area contributed by atoms with Crippen molar-refractivity contribution < 1.29 is 9.84 Å². The van der Waals surface area contributed by atoms with Gasteiger partial charge in [-0.3, -0.25) is 0 Å². The summed E-state index contributed by atoms with van der Waals surface area (Å²) in [5, 5.41) is 18.7. The van der Waals surface area contributed by atoms with Crippen molar-refractivity contribution in [3.05, 3.63) is 0 Å². The van der Waals surface area contributed by atoms with E-state index in [1.165, 1.54) is 51.4 Å². The molecule has 4 rings (SSSR count). The van der Waals surface area contributed by atoms with E-state index in [0.29, 0.717) is 18.1 Å². The molecule has 0 amide bonds. The van der Waals surface area contributed by atoms with Crippen LogP contribution in [0, 0.1) is 51.8 Å². The van der Waals surface area contributed by atoms with Crippen molar-refractivity contribution in [2.75, 3.05) is 13.2 Å². The van der Waals surface area contributed by atoms with Crippen LogP contribution in [-0.2, 0) is 4.74 Å². The fraction of sp³-hybridized carbons (Fsp3) is 0.955. The maximum Gasteiger partial charge on any atom is 0.0701 e. The molecule has 8 atom stereocenters. The zero-order valence-corrected chi connectivity index (χ0v) is 16.0. The summed E-state index contributed by atoms with van der Waals surface area (Å²) in [5.41, 5.74) is 0.688. The lowest BCUT2D eigenvalue weighted by atomic mass is 9.44. The first kappa shape index (κ1) is 17.8. The fourth-order valence-corrected chi connectivity index (χ4v) is 7.88. The van der Waals surface area contributed by atoms with Gasteiger partial charge in [0.2, 0.25) is 0 Å². The second-order valence-corrected chi connectivity index (χ2v) is 9.96. The van der Waals surface area contributed by atoms with Crippen LogP contribution in [0.4, 0.5) is 0 Å². The quantitative estimate of drug-likeness (QED) is 0.816. The molecule has 25 heavy (non-hydrogen) atoms. The van der Waals surface area contributed by atoms with Crippen LogP contribution < -0.4 is 0 Å². The molecule has 140 valence electrons. The minimum atomic E-state index is 0.138. The highest BCUT2D eigenvalue weighted by Gasteiger charge is 2.60. The predicted octanol–water partition coefficient (Wildman–Crippen LogP) is 4.55. The van der Waals surface area contributed by atoms with Crippen LogP contribution in [0.3, 0.4) is 0 Å². The summed E-state index contributed by atoms with van der Waals surface area (Å²) in [4.78, 5) is 0. The third-order valence-electron chi connectivity index (χ3n) is 9.17. The van der Waals surface area contributed by atoms with E-state index in [1.54, 1.807) is 0 Å². The Morgan fingerprint density at radius 1 is 1.00 bits per heavy atom. The molecule has 0 aromatic carbocycles.